The van der Waals surface area contributed by atoms with Crippen molar-refractivity contribution in [1.29, 1.82) is 0 Å². The van der Waals surface area contributed by atoms with Crippen LogP contribution < -0.4 is 10.1 Å². The van der Waals surface area contributed by atoms with Crippen molar-refractivity contribution in [1.82, 2.24) is 5.32 Å². The van der Waals surface area contributed by atoms with Crippen LogP contribution in [0.2, 0.25) is 0 Å². The average molecular weight is 305 g/mol. The lowest BCUT2D eigenvalue weighted by atomic mass is 9.81. The van der Waals surface area contributed by atoms with E-state index < -0.39 is 0 Å². The zero-order chi connectivity index (χ0) is 15.4. The Labute approximate surface area is 133 Å². The Morgan fingerprint density at radius 2 is 2.09 bits per heavy atom. The van der Waals surface area contributed by atoms with Gasteiger partial charge >= 0.3 is 0 Å². The van der Waals surface area contributed by atoms with E-state index in [1.807, 2.05) is 0 Å². The van der Waals surface area contributed by atoms with Gasteiger partial charge in [-0.2, -0.15) is 0 Å². The summed E-state index contributed by atoms with van der Waals surface area (Å²) in [6, 6.07) is 9.20. The van der Waals surface area contributed by atoms with Crippen LogP contribution in [0, 0.1) is 0 Å². The van der Waals surface area contributed by atoms with Crippen molar-refractivity contribution in [2.24, 2.45) is 0 Å². The largest absolute Gasteiger partial charge is 0.487 e. The van der Waals surface area contributed by atoms with Gasteiger partial charge < -0.3 is 19.5 Å². The molecular formula is C18H27NO3. The number of fused-ring (bicyclic) bond motifs is 1. The van der Waals surface area contributed by atoms with Crippen LogP contribution in [0.15, 0.2) is 24.3 Å². The van der Waals surface area contributed by atoms with Gasteiger partial charge in [0.2, 0.25) is 0 Å². The molecule has 1 fully saturated rings. The van der Waals surface area contributed by atoms with Gasteiger partial charge in [-0.1, -0.05) is 18.2 Å². The lowest BCUT2D eigenvalue weighted by Gasteiger charge is -2.45. The number of benzene rings is 1. The topological polar surface area (TPSA) is 39.7 Å². The summed E-state index contributed by atoms with van der Waals surface area (Å²) >= 11 is 0. The smallest absolute Gasteiger partial charge is 0.124 e. The maximum absolute atomic E-state index is 6.41. The fourth-order valence-electron chi connectivity index (χ4n) is 3.54. The van der Waals surface area contributed by atoms with Gasteiger partial charge in [-0.15, -0.1) is 0 Å². The first kappa shape index (κ1) is 15.8. The molecule has 22 heavy (non-hydrogen) atoms. The van der Waals surface area contributed by atoms with Crippen LogP contribution in [-0.2, 0) is 9.47 Å². The van der Waals surface area contributed by atoms with E-state index in [4.69, 9.17) is 14.2 Å². The lowest BCUT2D eigenvalue weighted by Crippen LogP contribution is -2.49. The molecule has 1 aromatic carbocycles. The van der Waals surface area contributed by atoms with Crippen molar-refractivity contribution in [3.05, 3.63) is 29.8 Å². The van der Waals surface area contributed by atoms with Crippen molar-refractivity contribution < 1.29 is 14.2 Å². The fourth-order valence-corrected chi connectivity index (χ4v) is 3.54. The summed E-state index contributed by atoms with van der Waals surface area (Å²) in [4.78, 5) is 0. The maximum Gasteiger partial charge on any atom is 0.124 e. The van der Waals surface area contributed by atoms with Crippen molar-refractivity contribution in [3.8, 4) is 5.75 Å². The molecule has 2 atom stereocenters. The molecule has 0 aliphatic carbocycles. The lowest BCUT2D eigenvalue weighted by molar-refractivity contribution is -0.0652. The first-order valence-corrected chi connectivity index (χ1v) is 8.33. The van der Waals surface area contributed by atoms with Crippen LogP contribution in [0.4, 0.5) is 0 Å². The van der Waals surface area contributed by atoms with Crippen LogP contribution in [-0.4, -0.2) is 38.6 Å². The van der Waals surface area contributed by atoms with E-state index in [-0.39, 0.29) is 5.60 Å². The minimum atomic E-state index is -0.0642. The van der Waals surface area contributed by atoms with E-state index in [0.717, 1.165) is 51.3 Å². The van der Waals surface area contributed by atoms with E-state index in [1.165, 1.54) is 5.56 Å². The van der Waals surface area contributed by atoms with E-state index in [0.29, 0.717) is 12.1 Å². The Bertz CT molecular complexity index is 485. The fraction of sp³-hybridized carbons (Fsp3) is 0.667. The predicted octanol–water partition coefficient (Wildman–Crippen LogP) is 3.07. The number of ether oxygens (including phenoxy) is 3. The first-order chi connectivity index (χ1) is 10.7. The molecule has 4 nitrogen and oxygen atoms in total. The van der Waals surface area contributed by atoms with Crippen LogP contribution >= 0.6 is 0 Å². The van der Waals surface area contributed by atoms with Gasteiger partial charge in [-0.05, 0) is 19.4 Å². The summed E-state index contributed by atoms with van der Waals surface area (Å²) in [5, 5.41) is 3.78. The molecule has 0 aromatic heterocycles. The molecule has 2 heterocycles. The molecule has 0 bridgehead atoms. The molecule has 1 aromatic rings. The van der Waals surface area contributed by atoms with E-state index in [9.17, 15) is 0 Å². The molecule has 2 aliphatic heterocycles. The van der Waals surface area contributed by atoms with Gasteiger partial charge in [0, 0.05) is 50.6 Å². The molecule has 4 heteroatoms. The monoisotopic (exact) mass is 305 g/mol. The SMILES string of the molecule is COCCC(C)NC1CC2(CCOCC2)Oc2ccccc21. The molecule has 122 valence electrons. The van der Waals surface area contributed by atoms with E-state index in [2.05, 4.69) is 36.5 Å². The Hall–Kier alpha value is -1.10. The maximum atomic E-state index is 6.41. The molecular weight excluding hydrogens is 278 g/mol. The number of nitrogens with one attached hydrogen (secondary N) is 1. The highest BCUT2D eigenvalue weighted by atomic mass is 16.5. The van der Waals surface area contributed by atoms with Crippen molar-refractivity contribution in [2.45, 2.75) is 50.3 Å². The molecule has 1 spiro atoms. The Morgan fingerprint density at radius 3 is 2.86 bits per heavy atom. The summed E-state index contributed by atoms with van der Waals surface area (Å²) in [7, 11) is 1.76. The van der Waals surface area contributed by atoms with Crippen LogP contribution in [0.1, 0.15) is 44.2 Å². The van der Waals surface area contributed by atoms with Crippen molar-refractivity contribution in [3.63, 3.8) is 0 Å². The van der Waals surface area contributed by atoms with Crippen LogP contribution in [0.5, 0.6) is 5.75 Å². The number of rotatable bonds is 5. The standard InChI is InChI=1S/C18H27NO3/c1-14(7-10-20-2)19-16-13-18(8-11-21-12-9-18)22-17-6-4-3-5-15(16)17/h3-6,14,16,19H,7-13H2,1-2H3. The van der Waals surface area contributed by atoms with Gasteiger partial charge in [0.15, 0.2) is 0 Å². The van der Waals surface area contributed by atoms with E-state index >= 15 is 0 Å². The summed E-state index contributed by atoms with van der Waals surface area (Å²) in [6.45, 7) is 4.62. The molecule has 2 aliphatic rings. The second-order valence-electron chi connectivity index (χ2n) is 6.54. The molecule has 1 N–H and O–H groups in total. The summed E-state index contributed by atoms with van der Waals surface area (Å²) in [6.07, 6.45) is 3.99. The summed E-state index contributed by atoms with van der Waals surface area (Å²) in [5.41, 5.74) is 1.22. The Morgan fingerprint density at radius 1 is 1.32 bits per heavy atom. The van der Waals surface area contributed by atoms with Gasteiger partial charge in [0.1, 0.15) is 11.4 Å². The highest BCUT2D eigenvalue weighted by Crippen LogP contribution is 2.44. The minimum Gasteiger partial charge on any atom is -0.487 e. The zero-order valence-corrected chi connectivity index (χ0v) is 13.6. The third kappa shape index (κ3) is 3.45. The highest BCUT2D eigenvalue weighted by Gasteiger charge is 2.42. The molecule has 3 rings (SSSR count). The van der Waals surface area contributed by atoms with Crippen molar-refractivity contribution >= 4 is 0 Å². The van der Waals surface area contributed by atoms with Crippen molar-refractivity contribution in [2.75, 3.05) is 26.9 Å². The molecule has 2 unspecified atom stereocenters. The predicted molar refractivity (Wildman–Crippen MR) is 86.3 cm³/mol. The number of methoxy groups -OCH3 is 1. The third-order valence-corrected chi connectivity index (χ3v) is 4.84. The third-order valence-electron chi connectivity index (χ3n) is 4.84. The van der Waals surface area contributed by atoms with Gasteiger partial charge in [0.05, 0.1) is 13.2 Å². The van der Waals surface area contributed by atoms with Crippen LogP contribution in [0.3, 0.4) is 0 Å². The molecule has 0 amide bonds. The number of hydrogen-bond donors (Lipinski definition) is 1. The highest BCUT2D eigenvalue weighted by molar-refractivity contribution is 5.39. The molecule has 0 radical (unpaired) electrons. The first-order valence-electron chi connectivity index (χ1n) is 8.33. The number of hydrogen-bond acceptors (Lipinski definition) is 4. The quantitative estimate of drug-likeness (QED) is 0.907. The van der Waals surface area contributed by atoms with Gasteiger partial charge in [-0.3, -0.25) is 0 Å². The second kappa shape index (κ2) is 6.99. The Kier molecular flexibility index (Phi) is 5.01. The van der Waals surface area contributed by atoms with E-state index in [1.54, 1.807) is 7.11 Å². The zero-order valence-electron chi connectivity index (χ0n) is 13.6. The Balaban J connectivity index is 1.78. The molecule has 0 saturated carbocycles. The summed E-state index contributed by atoms with van der Waals surface area (Å²) in [5.74, 6) is 1.03. The number of para-hydroxylation sites is 1. The normalized spacial score (nSPS) is 24.5. The minimum absolute atomic E-state index is 0.0642. The summed E-state index contributed by atoms with van der Waals surface area (Å²) < 4.78 is 17.1. The average Bonchev–Trinajstić information content (AvgIpc) is 2.53. The van der Waals surface area contributed by atoms with Crippen LogP contribution in [0.25, 0.3) is 0 Å². The van der Waals surface area contributed by atoms with Gasteiger partial charge in [0.25, 0.3) is 0 Å². The second-order valence-corrected chi connectivity index (χ2v) is 6.54. The molecule has 1 saturated heterocycles. The van der Waals surface area contributed by atoms with Gasteiger partial charge in [-0.25, -0.2) is 0 Å².